The van der Waals surface area contributed by atoms with Crippen LogP contribution in [0, 0.1) is 0 Å². The van der Waals surface area contributed by atoms with Gasteiger partial charge in [-0.3, -0.25) is 19.1 Å². The lowest BCUT2D eigenvalue weighted by atomic mass is 10.1. The molecule has 1 aliphatic rings. The first-order valence-electron chi connectivity index (χ1n) is 9.07. The fourth-order valence-corrected chi connectivity index (χ4v) is 3.36. The summed E-state index contributed by atoms with van der Waals surface area (Å²) < 4.78 is 7.03. The van der Waals surface area contributed by atoms with Crippen molar-refractivity contribution in [1.82, 2.24) is 14.9 Å². The van der Waals surface area contributed by atoms with Crippen molar-refractivity contribution in [1.29, 1.82) is 0 Å². The summed E-state index contributed by atoms with van der Waals surface area (Å²) in [5.41, 5.74) is 0.141. The van der Waals surface area contributed by atoms with Gasteiger partial charge in [-0.1, -0.05) is 36.7 Å². The van der Waals surface area contributed by atoms with Crippen LogP contribution >= 0.6 is 11.6 Å². The molecule has 1 fully saturated rings. The lowest BCUT2D eigenvalue weighted by molar-refractivity contribution is -0.121. The van der Waals surface area contributed by atoms with Gasteiger partial charge in [-0.15, -0.1) is 0 Å². The number of nitrogens with zero attached hydrogens (tertiary/aromatic N) is 1. The van der Waals surface area contributed by atoms with Gasteiger partial charge in [-0.25, -0.2) is 4.79 Å². The highest BCUT2D eigenvalue weighted by Gasteiger charge is 2.35. The number of hydrogen-bond acceptors (Lipinski definition) is 5. The van der Waals surface area contributed by atoms with E-state index in [0.29, 0.717) is 22.6 Å². The number of rotatable bonds is 6. The van der Waals surface area contributed by atoms with Gasteiger partial charge in [0.1, 0.15) is 12.3 Å². The second kappa shape index (κ2) is 8.72. The van der Waals surface area contributed by atoms with E-state index in [2.05, 4.69) is 10.3 Å². The van der Waals surface area contributed by atoms with Crippen LogP contribution in [0.4, 0.5) is 0 Å². The summed E-state index contributed by atoms with van der Waals surface area (Å²) in [6.07, 6.45) is -0.0111. The molecule has 1 aliphatic heterocycles. The molecule has 1 saturated heterocycles. The minimum absolute atomic E-state index is 0.0969. The lowest BCUT2D eigenvalue weighted by Gasteiger charge is -2.17. The maximum absolute atomic E-state index is 12.2. The second-order valence-electron chi connectivity index (χ2n) is 6.68. The van der Waals surface area contributed by atoms with Crippen LogP contribution in [0.15, 0.2) is 40.1 Å². The van der Waals surface area contributed by atoms with Crippen LogP contribution in [-0.2, 0) is 22.4 Å². The molecule has 2 aromatic rings. The number of aliphatic hydroxyl groups excluding tert-OH is 1. The van der Waals surface area contributed by atoms with Gasteiger partial charge in [-0.2, -0.15) is 0 Å². The van der Waals surface area contributed by atoms with E-state index in [1.807, 2.05) is 0 Å². The van der Waals surface area contributed by atoms with Crippen LogP contribution < -0.4 is 16.6 Å². The Labute approximate surface area is 166 Å². The van der Waals surface area contributed by atoms with E-state index in [9.17, 15) is 19.5 Å². The Hall–Kier alpha value is -2.42. The molecule has 1 amide bonds. The predicted molar refractivity (Wildman–Crippen MR) is 103 cm³/mol. The van der Waals surface area contributed by atoms with Crippen LogP contribution in [0.25, 0.3) is 0 Å². The minimum Gasteiger partial charge on any atom is -0.390 e. The number of benzene rings is 1. The van der Waals surface area contributed by atoms with Gasteiger partial charge in [0.25, 0.3) is 5.56 Å². The van der Waals surface area contributed by atoms with Crippen molar-refractivity contribution in [3.63, 3.8) is 0 Å². The van der Waals surface area contributed by atoms with E-state index in [-0.39, 0.29) is 25.3 Å². The van der Waals surface area contributed by atoms with Crippen LogP contribution in [-0.4, -0.2) is 39.3 Å². The van der Waals surface area contributed by atoms with Gasteiger partial charge in [0.05, 0.1) is 12.5 Å². The molecule has 3 atom stereocenters. The SMILES string of the molecule is CCc1cn([C@H]2C[C@H](O)[C@@H](CNC(=O)Cc3ccccc3Cl)O2)c(=O)[nH]c1=O. The molecule has 0 radical (unpaired) electrons. The van der Waals surface area contributed by atoms with Crippen molar-refractivity contribution in [3.05, 3.63) is 67.4 Å². The number of amides is 1. The van der Waals surface area contributed by atoms with Crippen LogP contribution in [0.3, 0.4) is 0 Å². The zero-order chi connectivity index (χ0) is 20.3. The average Bonchev–Trinajstić information content (AvgIpc) is 3.02. The largest absolute Gasteiger partial charge is 0.390 e. The summed E-state index contributed by atoms with van der Waals surface area (Å²) in [5, 5.41) is 13.5. The second-order valence-corrected chi connectivity index (χ2v) is 7.09. The van der Waals surface area contributed by atoms with E-state index in [4.69, 9.17) is 16.3 Å². The molecule has 0 aliphatic carbocycles. The molecule has 0 spiro atoms. The Balaban J connectivity index is 1.61. The number of carbonyl (C=O) groups is 1. The number of H-pyrrole nitrogens is 1. The first-order chi connectivity index (χ1) is 13.4. The van der Waals surface area contributed by atoms with E-state index < -0.39 is 29.7 Å². The Kier molecular flexibility index (Phi) is 6.33. The molecule has 1 aromatic heterocycles. The van der Waals surface area contributed by atoms with Crippen molar-refractivity contribution < 1.29 is 14.6 Å². The van der Waals surface area contributed by atoms with Crippen LogP contribution in [0.1, 0.15) is 30.7 Å². The smallest absolute Gasteiger partial charge is 0.330 e. The Morgan fingerprint density at radius 3 is 2.82 bits per heavy atom. The molecule has 150 valence electrons. The van der Waals surface area contributed by atoms with E-state index in [1.54, 1.807) is 31.2 Å². The zero-order valence-corrected chi connectivity index (χ0v) is 16.1. The summed E-state index contributed by atoms with van der Waals surface area (Å²) in [6.45, 7) is 1.90. The van der Waals surface area contributed by atoms with Crippen molar-refractivity contribution in [2.45, 2.75) is 44.6 Å². The third-order valence-corrected chi connectivity index (χ3v) is 5.11. The van der Waals surface area contributed by atoms with Gasteiger partial charge < -0.3 is 15.2 Å². The monoisotopic (exact) mass is 407 g/mol. The van der Waals surface area contributed by atoms with E-state index in [0.717, 1.165) is 0 Å². The van der Waals surface area contributed by atoms with Crippen molar-refractivity contribution in [2.75, 3.05) is 6.54 Å². The number of aromatic nitrogens is 2. The molecular weight excluding hydrogens is 386 g/mol. The maximum atomic E-state index is 12.2. The normalized spacial score (nSPS) is 21.6. The van der Waals surface area contributed by atoms with Crippen molar-refractivity contribution >= 4 is 17.5 Å². The van der Waals surface area contributed by atoms with E-state index >= 15 is 0 Å². The number of aliphatic hydroxyl groups is 1. The zero-order valence-electron chi connectivity index (χ0n) is 15.4. The van der Waals surface area contributed by atoms with Gasteiger partial charge >= 0.3 is 5.69 Å². The molecule has 9 heteroatoms. The van der Waals surface area contributed by atoms with Gasteiger partial charge in [0.2, 0.25) is 5.91 Å². The molecule has 0 saturated carbocycles. The summed E-state index contributed by atoms with van der Waals surface area (Å²) in [4.78, 5) is 38.2. The predicted octanol–water partition coefficient (Wildman–Crippen LogP) is 0.760. The summed E-state index contributed by atoms with van der Waals surface area (Å²) in [5.74, 6) is -0.248. The topological polar surface area (TPSA) is 113 Å². The molecule has 3 rings (SSSR count). The van der Waals surface area contributed by atoms with Gasteiger partial charge in [0.15, 0.2) is 0 Å². The van der Waals surface area contributed by atoms with Crippen LogP contribution in [0.2, 0.25) is 5.02 Å². The summed E-state index contributed by atoms with van der Waals surface area (Å²) >= 11 is 6.05. The molecule has 1 aromatic carbocycles. The lowest BCUT2D eigenvalue weighted by Crippen LogP contribution is -2.38. The number of ether oxygens (including phenoxy) is 1. The highest BCUT2D eigenvalue weighted by Crippen LogP contribution is 2.27. The third-order valence-electron chi connectivity index (χ3n) is 4.75. The highest BCUT2D eigenvalue weighted by atomic mass is 35.5. The first-order valence-corrected chi connectivity index (χ1v) is 9.44. The first kappa shape index (κ1) is 20.3. The molecule has 2 heterocycles. The number of carbonyl (C=O) groups excluding carboxylic acids is 1. The molecule has 28 heavy (non-hydrogen) atoms. The fraction of sp³-hybridized carbons (Fsp3) is 0.421. The maximum Gasteiger partial charge on any atom is 0.330 e. The highest BCUT2D eigenvalue weighted by molar-refractivity contribution is 6.31. The molecule has 0 bridgehead atoms. The number of aryl methyl sites for hydroxylation is 1. The molecule has 0 unspecified atom stereocenters. The minimum atomic E-state index is -0.852. The quantitative estimate of drug-likeness (QED) is 0.654. The van der Waals surface area contributed by atoms with E-state index in [1.165, 1.54) is 10.8 Å². The summed E-state index contributed by atoms with van der Waals surface area (Å²) in [7, 11) is 0. The Bertz CT molecular complexity index is 971. The number of nitrogens with one attached hydrogen (secondary N) is 2. The summed E-state index contributed by atoms with van der Waals surface area (Å²) in [6, 6.07) is 7.07. The van der Waals surface area contributed by atoms with Crippen LogP contribution in [0.5, 0.6) is 0 Å². The molecular formula is C19H22ClN3O5. The molecule has 8 nitrogen and oxygen atoms in total. The Morgan fingerprint density at radius 2 is 2.11 bits per heavy atom. The number of halogens is 1. The Morgan fingerprint density at radius 1 is 1.36 bits per heavy atom. The van der Waals surface area contributed by atoms with Crippen molar-refractivity contribution in [3.8, 4) is 0 Å². The molecule has 3 N–H and O–H groups in total. The van der Waals surface area contributed by atoms with Gasteiger partial charge in [0, 0.05) is 29.7 Å². The fourth-order valence-electron chi connectivity index (χ4n) is 3.15. The average molecular weight is 408 g/mol. The van der Waals surface area contributed by atoms with Crippen molar-refractivity contribution in [2.24, 2.45) is 0 Å². The van der Waals surface area contributed by atoms with Gasteiger partial charge in [-0.05, 0) is 18.1 Å². The third kappa shape index (κ3) is 4.52. The number of hydrogen-bond donors (Lipinski definition) is 3. The standard InChI is InChI=1S/C19H22ClN3O5/c1-2-11-10-23(19(27)22-18(11)26)17-8-14(24)15(28-17)9-21-16(25)7-12-5-3-4-6-13(12)20/h3-6,10,14-15,17,24H,2,7-9H2,1H3,(H,21,25)(H,22,26,27)/t14-,15+,17+/m0/s1. The number of aromatic amines is 1.